The molecule has 2 unspecified atom stereocenters. The van der Waals surface area contributed by atoms with E-state index in [1.165, 1.54) is 0 Å². The van der Waals surface area contributed by atoms with E-state index in [2.05, 4.69) is 35.1 Å². The van der Waals surface area contributed by atoms with Gasteiger partial charge >= 0.3 is 0 Å². The van der Waals surface area contributed by atoms with Crippen LogP contribution >= 0.6 is 39.1 Å². The van der Waals surface area contributed by atoms with Gasteiger partial charge in [0, 0.05) is 17.1 Å². The molecule has 2 nitrogen and oxygen atoms in total. The predicted octanol–water partition coefficient (Wildman–Crippen LogP) is 5.37. The molecule has 2 rings (SSSR count). The van der Waals surface area contributed by atoms with Crippen molar-refractivity contribution in [2.24, 2.45) is 5.92 Å². The van der Waals surface area contributed by atoms with E-state index in [-0.39, 0.29) is 0 Å². The maximum atomic E-state index is 6.24. The van der Waals surface area contributed by atoms with Crippen molar-refractivity contribution in [3.05, 3.63) is 26.7 Å². The third-order valence-electron chi connectivity index (χ3n) is 3.41. The molecule has 1 heterocycles. The van der Waals surface area contributed by atoms with Crippen LogP contribution < -0.4 is 5.32 Å². The molecule has 1 fully saturated rings. The Morgan fingerprint density at radius 3 is 2.53 bits per heavy atom. The summed E-state index contributed by atoms with van der Waals surface area (Å²) in [5.41, 5.74) is 0.820. The van der Waals surface area contributed by atoms with E-state index in [0.717, 1.165) is 29.6 Å². The van der Waals surface area contributed by atoms with Gasteiger partial charge in [0.15, 0.2) is 0 Å². The van der Waals surface area contributed by atoms with Gasteiger partial charge in [0.1, 0.15) is 0 Å². The van der Waals surface area contributed by atoms with Crippen molar-refractivity contribution in [3.63, 3.8) is 0 Å². The lowest BCUT2D eigenvalue weighted by Crippen LogP contribution is -2.36. The first-order valence-electron chi connectivity index (χ1n) is 6.50. The van der Waals surface area contributed by atoms with Gasteiger partial charge in [-0.1, -0.05) is 53.0 Å². The minimum atomic E-state index is 0.305. The lowest BCUT2D eigenvalue weighted by atomic mass is 9.95. The molecule has 0 aliphatic carbocycles. The van der Waals surface area contributed by atoms with Gasteiger partial charge in [-0.15, -0.1) is 0 Å². The van der Waals surface area contributed by atoms with Gasteiger partial charge in [0.25, 0.3) is 0 Å². The average molecular weight is 367 g/mol. The molecule has 0 spiro atoms. The molecule has 0 amide bonds. The summed E-state index contributed by atoms with van der Waals surface area (Å²) in [6, 6.07) is 4.07. The van der Waals surface area contributed by atoms with Gasteiger partial charge in [0.05, 0.1) is 21.8 Å². The number of rotatable bonds is 3. The first-order chi connectivity index (χ1) is 8.97. The fourth-order valence-corrected chi connectivity index (χ4v) is 3.63. The Morgan fingerprint density at radius 2 is 1.95 bits per heavy atom. The fraction of sp³-hybridized carbons (Fsp3) is 0.571. The molecule has 106 valence electrons. The quantitative estimate of drug-likeness (QED) is 0.776. The molecule has 1 aromatic carbocycles. The second-order valence-corrected chi connectivity index (χ2v) is 6.99. The van der Waals surface area contributed by atoms with Crippen LogP contribution in [0, 0.1) is 5.92 Å². The Kier molecular flexibility index (Phi) is 5.41. The summed E-state index contributed by atoms with van der Waals surface area (Å²) in [5, 5.41) is 4.76. The SMILES string of the molecule is CC(C)C1CC(Nc2c(Cl)cc(Br)cc2Cl)CCO1. The lowest BCUT2D eigenvalue weighted by molar-refractivity contribution is -0.0160. The van der Waals surface area contributed by atoms with E-state index < -0.39 is 0 Å². The monoisotopic (exact) mass is 365 g/mol. The van der Waals surface area contributed by atoms with Gasteiger partial charge in [-0.3, -0.25) is 0 Å². The van der Waals surface area contributed by atoms with Crippen LogP contribution in [0.2, 0.25) is 10.0 Å². The molecule has 1 N–H and O–H groups in total. The fourth-order valence-electron chi connectivity index (χ4n) is 2.31. The Labute approximate surface area is 132 Å². The summed E-state index contributed by atoms with van der Waals surface area (Å²) in [4.78, 5) is 0. The highest BCUT2D eigenvalue weighted by Crippen LogP contribution is 2.35. The molecule has 1 saturated heterocycles. The zero-order valence-corrected chi connectivity index (χ0v) is 14.1. The summed E-state index contributed by atoms with van der Waals surface area (Å²) in [7, 11) is 0. The van der Waals surface area contributed by atoms with Gasteiger partial charge in [0.2, 0.25) is 0 Å². The van der Waals surface area contributed by atoms with E-state index in [1.54, 1.807) is 0 Å². The first-order valence-corrected chi connectivity index (χ1v) is 8.05. The Balaban J connectivity index is 2.09. The van der Waals surface area contributed by atoms with Crippen LogP contribution in [-0.2, 0) is 4.74 Å². The van der Waals surface area contributed by atoms with Crippen molar-refractivity contribution < 1.29 is 4.74 Å². The Morgan fingerprint density at radius 1 is 1.32 bits per heavy atom. The topological polar surface area (TPSA) is 21.3 Å². The maximum absolute atomic E-state index is 6.24. The molecule has 1 aromatic rings. The summed E-state index contributed by atoms with van der Waals surface area (Å²) in [6.45, 7) is 5.16. The first kappa shape index (κ1) is 15.4. The third kappa shape index (κ3) is 4.01. The van der Waals surface area contributed by atoms with Crippen LogP contribution in [0.4, 0.5) is 5.69 Å². The van der Waals surface area contributed by atoms with E-state index in [9.17, 15) is 0 Å². The molecule has 0 aromatic heterocycles. The molecule has 5 heteroatoms. The van der Waals surface area contributed by atoms with Crippen molar-refractivity contribution in [3.8, 4) is 0 Å². The zero-order valence-electron chi connectivity index (χ0n) is 11.1. The van der Waals surface area contributed by atoms with Gasteiger partial charge < -0.3 is 10.1 Å². The number of benzene rings is 1. The molecule has 0 radical (unpaired) electrons. The molecule has 0 saturated carbocycles. The van der Waals surface area contributed by atoms with Crippen LogP contribution in [0.3, 0.4) is 0 Å². The highest BCUT2D eigenvalue weighted by atomic mass is 79.9. The number of ether oxygens (including phenoxy) is 1. The Bertz CT molecular complexity index is 430. The van der Waals surface area contributed by atoms with Gasteiger partial charge in [-0.05, 0) is 30.9 Å². The number of hydrogen-bond donors (Lipinski definition) is 1. The minimum absolute atomic E-state index is 0.305. The largest absolute Gasteiger partial charge is 0.380 e. The van der Waals surface area contributed by atoms with Crippen molar-refractivity contribution in [1.82, 2.24) is 0 Å². The van der Waals surface area contributed by atoms with Crippen molar-refractivity contribution in [2.75, 3.05) is 11.9 Å². The van der Waals surface area contributed by atoms with E-state index in [4.69, 9.17) is 27.9 Å². The van der Waals surface area contributed by atoms with Crippen molar-refractivity contribution in [2.45, 2.75) is 38.8 Å². The van der Waals surface area contributed by atoms with Crippen LogP contribution in [0.15, 0.2) is 16.6 Å². The summed E-state index contributed by atoms with van der Waals surface area (Å²) < 4.78 is 6.66. The van der Waals surface area contributed by atoms with Crippen LogP contribution in [-0.4, -0.2) is 18.8 Å². The molecule has 1 aliphatic rings. The molecule has 0 bridgehead atoms. The standard InChI is InChI=1S/C14H18BrCl2NO/c1-8(2)13-7-10(3-4-19-13)18-14-11(16)5-9(15)6-12(14)17/h5-6,8,10,13,18H,3-4,7H2,1-2H3. The molecular formula is C14H18BrCl2NO. The second kappa shape index (κ2) is 6.66. The number of anilines is 1. The molecule has 19 heavy (non-hydrogen) atoms. The maximum Gasteiger partial charge on any atom is 0.0721 e. The summed E-state index contributed by atoms with van der Waals surface area (Å²) in [5.74, 6) is 0.528. The predicted molar refractivity (Wildman–Crippen MR) is 85.4 cm³/mol. The van der Waals surface area contributed by atoms with Gasteiger partial charge in [-0.25, -0.2) is 0 Å². The van der Waals surface area contributed by atoms with Crippen molar-refractivity contribution >= 4 is 44.8 Å². The van der Waals surface area contributed by atoms with Crippen LogP contribution in [0.5, 0.6) is 0 Å². The number of halogens is 3. The second-order valence-electron chi connectivity index (χ2n) is 5.26. The molecular weight excluding hydrogens is 349 g/mol. The molecule has 2 atom stereocenters. The van der Waals surface area contributed by atoms with Crippen LogP contribution in [0.1, 0.15) is 26.7 Å². The number of hydrogen-bond acceptors (Lipinski definition) is 2. The summed E-state index contributed by atoms with van der Waals surface area (Å²) in [6.07, 6.45) is 2.27. The lowest BCUT2D eigenvalue weighted by Gasteiger charge is -2.33. The van der Waals surface area contributed by atoms with Gasteiger partial charge in [-0.2, -0.15) is 0 Å². The average Bonchev–Trinajstić information content (AvgIpc) is 2.34. The Hall–Kier alpha value is 0.0400. The normalized spacial score (nSPS) is 23.7. The highest BCUT2D eigenvalue weighted by Gasteiger charge is 2.25. The highest BCUT2D eigenvalue weighted by molar-refractivity contribution is 9.10. The van der Waals surface area contributed by atoms with Crippen LogP contribution in [0.25, 0.3) is 0 Å². The van der Waals surface area contributed by atoms with E-state index in [0.29, 0.717) is 28.1 Å². The van der Waals surface area contributed by atoms with Crippen molar-refractivity contribution in [1.29, 1.82) is 0 Å². The zero-order chi connectivity index (χ0) is 14.0. The number of nitrogens with one attached hydrogen (secondary N) is 1. The molecule has 1 aliphatic heterocycles. The smallest absolute Gasteiger partial charge is 0.0721 e. The van der Waals surface area contributed by atoms with E-state index >= 15 is 0 Å². The summed E-state index contributed by atoms with van der Waals surface area (Å²) >= 11 is 15.9. The van der Waals surface area contributed by atoms with E-state index in [1.807, 2.05) is 12.1 Å². The third-order valence-corrected chi connectivity index (χ3v) is 4.47. The minimum Gasteiger partial charge on any atom is -0.380 e.